The monoisotopic (exact) mass is 454 g/mol. The van der Waals surface area contributed by atoms with Crippen molar-refractivity contribution in [1.29, 1.82) is 0 Å². The normalized spacial score (nSPS) is 12.2. The van der Waals surface area contributed by atoms with E-state index in [9.17, 15) is 0 Å². The molecule has 2 aromatic rings. The van der Waals surface area contributed by atoms with Crippen LogP contribution >= 0.6 is 0 Å². The first-order valence-corrected chi connectivity index (χ1v) is 12.3. The summed E-state index contributed by atoms with van der Waals surface area (Å²) in [7, 11) is 0. The van der Waals surface area contributed by atoms with Gasteiger partial charge in [0.2, 0.25) is 0 Å². The molecule has 0 unspecified atom stereocenters. The predicted octanol–water partition coefficient (Wildman–Crippen LogP) is 8.35. The maximum atomic E-state index is 5.54. The second-order valence-electron chi connectivity index (χ2n) is 9.21. The van der Waals surface area contributed by atoms with Gasteiger partial charge in [0.15, 0.2) is 0 Å². The van der Waals surface area contributed by atoms with Crippen LogP contribution in [0, 0.1) is 0 Å². The average molecular weight is 455 g/mol. The van der Waals surface area contributed by atoms with Crippen molar-refractivity contribution in [1.82, 2.24) is 5.43 Å². The number of benzene rings is 2. The fourth-order valence-electron chi connectivity index (χ4n) is 4.11. The lowest BCUT2D eigenvalue weighted by Gasteiger charge is -2.11. The summed E-state index contributed by atoms with van der Waals surface area (Å²) >= 11 is 0. The Morgan fingerprint density at radius 1 is 0.971 bits per heavy atom. The van der Waals surface area contributed by atoms with E-state index in [-0.39, 0.29) is 0 Å². The zero-order valence-corrected chi connectivity index (χ0v) is 21.6. The quantitative estimate of drug-likeness (QED) is 0.138. The first-order valence-electron chi connectivity index (χ1n) is 12.3. The van der Waals surface area contributed by atoms with E-state index in [4.69, 9.17) is 5.84 Å². The highest BCUT2D eigenvalue weighted by Gasteiger charge is 2.06. The first-order chi connectivity index (χ1) is 16.4. The van der Waals surface area contributed by atoms with Crippen LogP contribution in [0.4, 0.5) is 0 Å². The molecule has 0 bridgehead atoms. The van der Waals surface area contributed by atoms with E-state index in [2.05, 4.69) is 107 Å². The second kappa shape index (κ2) is 14.3. The fourth-order valence-corrected chi connectivity index (χ4v) is 4.11. The van der Waals surface area contributed by atoms with Gasteiger partial charge in [-0.3, -0.25) is 11.3 Å². The van der Waals surface area contributed by atoms with E-state index in [1.807, 2.05) is 6.08 Å². The van der Waals surface area contributed by atoms with Crippen molar-refractivity contribution < 1.29 is 0 Å². The molecule has 0 aliphatic heterocycles. The number of allylic oxidation sites excluding steroid dienone is 6. The van der Waals surface area contributed by atoms with Crippen molar-refractivity contribution in [2.75, 3.05) is 6.54 Å². The highest BCUT2D eigenvalue weighted by Crippen LogP contribution is 2.27. The van der Waals surface area contributed by atoms with Crippen LogP contribution in [0.3, 0.4) is 0 Å². The second-order valence-corrected chi connectivity index (χ2v) is 9.21. The van der Waals surface area contributed by atoms with Gasteiger partial charge in [0.05, 0.1) is 0 Å². The molecule has 0 saturated carbocycles. The minimum Gasteiger partial charge on any atom is -0.271 e. The third-order valence-corrected chi connectivity index (χ3v) is 6.14. The Morgan fingerprint density at radius 2 is 1.68 bits per heavy atom. The van der Waals surface area contributed by atoms with Gasteiger partial charge in [-0.1, -0.05) is 104 Å². The van der Waals surface area contributed by atoms with Crippen LogP contribution in [0.25, 0.3) is 17.2 Å². The van der Waals surface area contributed by atoms with Crippen LogP contribution in [0.1, 0.15) is 64.5 Å². The molecular weight excluding hydrogens is 412 g/mol. The topological polar surface area (TPSA) is 38.0 Å². The molecule has 180 valence electrons. The zero-order chi connectivity index (χ0) is 24.9. The van der Waals surface area contributed by atoms with Crippen molar-refractivity contribution in [2.24, 2.45) is 5.84 Å². The number of hydrogen-bond acceptors (Lipinski definition) is 2. The van der Waals surface area contributed by atoms with Gasteiger partial charge in [0.1, 0.15) is 0 Å². The van der Waals surface area contributed by atoms with Crippen LogP contribution in [0.5, 0.6) is 0 Å². The van der Waals surface area contributed by atoms with Crippen molar-refractivity contribution in [3.8, 4) is 11.1 Å². The van der Waals surface area contributed by atoms with Crippen LogP contribution in [0.2, 0.25) is 0 Å². The van der Waals surface area contributed by atoms with Crippen LogP contribution < -0.4 is 11.3 Å². The molecule has 0 radical (unpaired) electrons. The lowest BCUT2D eigenvalue weighted by Crippen LogP contribution is -2.24. The van der Waals surface area contributed by atoms with Gasteiger partial charge in [-0.25, -0.2) is 0 Å². The molecule has 0 fully saturated rings. The zero-order valence-electron chi connectivity index (χ0n) is 21.6. The number of nitrogens with two attached hydrogens (primary N) is 1. The van der Waals surface area contributed by atoms with Gasteiger partial charge in [0, 0.05) is 6.54 Å². The van der Waals surface area contributed by atoms with Crippen molar-refractivity contribution in [3.05, 3.63) is 113 Å². The highest BCUT2D eigenvalue weighted by molar-refractivity contribution is 5.76. The molecule has 2 heteroatoms. The van der Waals surface area contributed by atoms with E-state index in [1.165, 1.54) is 50.1 Å². The average Bonchev–Trinajstić information content (AvgIpc) is 2.83. The summed E-state index contributed by atoms with van der Waals surface area (Å²) in [6.45, 7) is 17.6. The molecule has 0 aliphatic carbocycles. The molecule has 0 spiro atoms. The minimum atomic E-state index is 0.701. The molecule has 0 aliphatic rings. The minimum absolute atomic E-state index is 0.701. The van der Waals surface area contributed by atoms with Gasteiger partial charge in [-0.2, -0.15) is 0 Å². The molecule has 0 saturated heterocycles. The highest BCUT2D eigenvalue weighted by atomic mass is 15.2. The van der Waals surface area contributed by atoms with Gasteiger partial charge >= 0.3 is 0 Å². The number of hydrogen-bond donors (Lipinski definition) is 2. The van der Waals surface area contributed by atoms with Gasteiger partial charge < -0.3 is 0 Å². The fraction of sp³-hybridized carbons (Fsp3) is 0.312. The Balaban J connectivity index is 2.02. The van der Waals surface area contributed by atoms with E-state index in [0.29, 0.717) is 6.54 Å². The largest absolute Gasteiger partial charge is 0.271 e. The summed E-state index contributed by atoms with van der Waals surface area (Å²) in [6, 6.07) is 17.5. The Hall–Kier alpha value is -2.94. The summed E-state index contributed by atoms with van der Waals surface area (Å²) < 4.78 is 0. The lowest BCUT2D eigenvalue weighted by atomic mass is 9.94. The molecular formula is C32H42N2. The Morgan fingerprint density at radius 3 is 2.29 bits per heavy atom. The van der Waals surface area contributed by atoms with Gasteiger partial charge in [0.25, 0.3) is 0 Å². The maximum Gasteiger partial charge on any atom is 0.0311 e. The van der Waals surface area contributed by atoms with Crippen LogP contribution in [-0.2, 0) is 6.42 Å². The lowest BCUT2D eigenvalue weighted by molar-refractivity contribution is 0.779. The van der Waals surface area contributed by atoms with E-state index in [1.54, 1.807) is 0 Å². The predicted molar refractivity (Wildman–Crippen MR) is 151 cm³/mol. The first kappa shape index (κ1) is 27.3. The van der Waals surface area contributed by atoms with Gasteiger partial charge in [-0.15, -0.1) is 0 Å². The summed E-state index contributed by atoms with van der Waals surface area (Å²) in [5, 5.41) is 0. The Bertz CT molecular complexity index is 1040. The van der Waals surface area contributed by atoms with E-state index < -0.39 is 0 Å². The van der Waals surface area contributed by atoms with E-state index >= 15 is 0 Å². The standard InChI is InChI=1S/C32H42N2/c1-7-27(23-34-33)22-31-11-9-10-12-32(31)30-19-16-28(17-20-30)15-13-25(5)14-18-29(8-2)26(6)21-24(3)4/h8-12,16-17,19-22,34H,2,5,7,13-15,18,23,33H2,1,3-4,6H3/b27-22?,29-26+. The van der Waals surface area contributed by atoms with Gasteiger partial charge in [-0.05, 0) is 86.3 Å². The number of aryl methyl sites for hydroxylation is 1. The number of hydrazine groups is 1. The molecule has 0 amide bonds. The molecule has 2 aromatic carbocycles. The molecule has 2 nitrogen and oxygen atoms in total. The molecule has 3 N–H and O–H groups in total. The third kappa shape index (κ3) is 8.78. The van der Waals surface area contributed by atoms with Crippen molar-refractivity contribution in [2.45, 2.75) is 59.8 Å². The summed E-state index contributed by atoms with van der Waals surface area (Å²) in [5.41, 5.74) is 14.3. The molecule has 0 heterocycles. The molecule has 34 heavy (non-hydrogen) atoms. The van der Waals surface area contributed by atoms with Crippen LogP contribution in [-0.4, -0.2) is 6.54 Å². The Labute approximate surface area is 207 Å². The van der Waals surface area contributed by atoms with Crippen molar-refractivity contribution in [3.63, 3.8) is 0 Å². The van der Waals surface area contributed by atoms with Crippen molar-refractivity contribution >= 4 is 6.08 Å². The SMILES string of the molecule is C=C/C(CCC(=C)CCc1ccc(-c2ccccc2C=C(CC)CNN)cc1)=C(/C)C=C(C)C. The maximum absolute atomic E-state index is 5.54. The summed E-state index contributed by atoms with van der Waals surface area (Å²) in [6.07, 6.45) is 11.5. The molecule has 0 atom stereocenters. The molecule has 0 aromatic heterocycles. The number of rotatable bonds is 13. The summed E-state index contributed by atoms with van der Waals surface area (Å²) in [5.74, 6) is 5.54. The third-order valence-electron chi connectivity index (χ3n) is 6.14. The Kier molecular flexibility index (Phi) is 11.5. The van der Waals surface area contributed by atoms with E-state index in [0.717, 1.165) is 32.1 Å². The summed E-state index contributed by atoms with van der Waals surface area (Å²) in [4.78, 5) is 0. The smallest absolute Gasteiger partial charge is 0.0311 e. The number of nitrogens with one attached hydrogen (secondary N) is 1. The van der Waals surface area contributed by atoms with Crippen LogP contribution in [0.15, 0.2) is 102 Å². The molecule has 2 rings (SSSR count).